The first-order valence-corrected chi connectivity index (χ1v) is 8.19. The number of urea groups is 1. The van der Waals surface area contributed by atoms with Crippen LogP contribution in [-0.2, 0) is 16.1 Å². The summed E-state index contributed by atoms with van der Waals surface area (Å²) >= 11 is 0. The van der Waals surface area contributed by atoms with Crippen molar-refractivity contribution in [2.24, 2.45) is 0 Å². The number of nitrogens with zero attached hydrogens (tertiary/aromatic N) is 2. The van der Waals surface area contributed by atoms with E-state index in [1.807, 2.05) is 29.2 Å². The summed E-state index contributed by atoms with van der Waals surface area (Å²) in [6.07, 6.45) is 1.34. The number of carbonyl (C=O) groups is 3. The number of piperidine rings is 1. The van der Waals surface area contributed by atoms with Crippen LogP contribution in [0.3, 0.4) is 0 Å². The highest BCUT2D eigenvalue weighted by atomic mass is 16.4. The van der Waals surface area contributed by atoms with Crippen molar-refractivity contribution < 1.29 is 19.5 Å². The maximum Gasteiger partial charge on any atom is 0.322 e. The Bertz CT molecular complexity index is 653. The van der Waals surface area contributed by atoms with Crippen molar-refractivity contribution in [1.29, 1.82) is 0 Å². The standard InChI is InChI=1S/C17H21N3O4/c21-15(5-6-16(22)23)19-9-7-13(8-10-19)20-11-12-3-1-2-4-14(12)18-17(20)24/h1-4,13H,5-11H2,(H,18,24)(H,22,23). The van der Waals surface area contributed by atoms with Gasteiger partial charge in [-0.25, -0.2) is 4.79 Å². The summed E-state index contributed by atoms with van der Waals surface area (Å²) < 4.78 is 0. The number of rotatable bonds is 4. The molecule has 1 aromatic rings. The number of hydrogen-bond acceptors (Lipinski definition) is 3. The van der Waals surface area contributed by atoms with E-state index in [-0.39, 0.29) is 30.8 Å². The summed E-state index contributed by atoms with van der Waals surface area (Å²) in [5, 5.41) is 11.6. The number of fused-ring (bicyclic) bond motifs is 1. The molecule has 2 N–H and O–H groups in total. The molecule has 1 saturated heterocycles. The number of carbonyl (C=O) groups excluding carboxylic acids is 2. The average Bonchev–Trinajstić information content (AvgIpc) is 2.59. The summed E-state index contributed by atoms with van der Waals surface area (Å²) in [5.41, 5.74) is 1.96. The van der Waals surface area contributed by atoms with Gasteiger partial charge in [0.25, 0.3) is 0 Å². The van der Waals surface area contributed by atoms with Gasteiger partial charge in [-0.1, -0.05) is 18.2 Å². The molecule has 2 aliphatic rings. The Labute approximate surface area is 140 Å². The van der Waals surface area contributed by atoms with Crippen molar-refractivity contribution in [2.75, 3.05) is 18.4 Å². The highest BCUT2D eigenvalue weighted by Gasteiger charge is 2.32. The van der Waals surface area contributed by atoms with E-state index >= 15 is 0 Å². The lowest BCUT2D eigenvalue weighted by Crippen LogP contribution is -2.51. The van der Waals surface area contributed by atoms with Gasteiger partial charge in [0, 0.05) is 37.8 Å². The molecule has 0 bridgehead atoms. The molecule has 0 atom stereocenters. The second kappa shape index (κ2) is 6.90. The molecular formula is C17H21N3O4. The number of carboxylic acids is 1. The second-order valence-corrected chi connectivity index (χ2v) is 6.22. The number of anilines is 1. The van der Waals surface area contributed by atoms with Crippen LogP contribution in [0.1, 0.15) is 31.2 Å². The molecule has 2 aliphatic heterocycles. The van der Waals surface area contributed by atoms with E-state index in [1.165, 1.54) is 0 Å². The zero-order chi connectivity index (χ0) is 17.1. The van der Waals surface area contributed by atoms with Gasteiger partial charge in [0.15, 0.2) is 0 Å². The normalized spacial score (nSPS) is 18.1. The molecule has 0 unspecified atom stereocenters. The summed E-state index contributed by atoms with van der Waals surface area (Å²) in [5.74, 6) is -1.08. The van der Waals surface area contributed by atoms with Gasteiger partial charge in [0.1, 0.15) is 0 Å². The first kappa shape index (κ1) is 16.3. The molecular weight excluding hydrogens is 310 g/mol. The second-order valence-electron chi connectivity index (χ2n) is 6.22. The van der Waals surface area contributed by atoms with Crippen molar-refractivity contribution in [3.8, 4) is 0 Å². The Hall–Kier alpha value is -2.57. The minimum Gasteiger partial charge on any atom is -0.481 e. The fourth-order valence-corrected chi connectivity index (χ4v) is 3.32. The van der Waals surface area contributed by atoms with Crippen molar-refractivity contribution in [3.63, 3.8) is 0 Å². The first-order valence-electron chi connectivity index (χ1n) is 8.19. The molecule has 0 aromatic heterocycles. The molecule has 24 heavy (non-hydrogen) atoms. The Morgan fingerprint density at radius 1 is 1.17 bits per heavy atom. The zero-order valence-corrected chi connectivity index (χ0v) is 13.4. The topological polar surface area (TPSA) is 89.9 Å². The third kappa shape index (κ3) is 3.50. The third-order valence-corrected chi connectivity index (χ3v) is 4.67. The van der Waals surface area contributed by atoms with Crippen LogP contribution < -0.4 is 5.32 Å². The molecule has 3 rings (SSSR count). The summed E-state index contributed by atoms with van der Waals surface area (Å²) in [4.78, 5) is 38.4. The quantitative estimate of drug-likeness (QED) is 0.881. The average molecular weight is 331 g/mol. The first-order chi connectivity index (χ1) is 11.5. The molecule has 0 spiro atoms. The third-order valence-electron chi connectivity index (χ3n) is 4.67. The Morgan fingerprint density at radius 2 is 1.88 bits per heavy atom. The SMILES string of the molecule is O=C(O)CCC(=O)N1CCC(N2Cc3ccccc3NC2=O)CC1. The molecule has 7 nitrogen and oxygen atoms in total. The van der Waals surface area contributed by atoms with Crippen LogP contribution in [0.4, 0.5) is 10.5 Å². The number of carboxylic acid groups (broad SMARTS) is 1. The van der Waals surface area contributed by atoms with Crippen LogP contribution in [0.5, 0.6) is 0 Å². The lowest BCUT2D eigenvalue weighted by molar-refractivity contribution is -0.141. The lowest BCUT2D eigenvalue weighted by atomic mass is 10.0. The monoisotopic (exact) mass is 331 g/mol. The number of benzene rings is 1. The number of aliphatic carboxylic acids is 1. The van der Waals surface area contributed by atoms with Crippen LogP contribution in [-0.4, -0.2) is 51.9 Å². The number of amides is 3. The summed E-state index contributed by atoms with van der Waals surface area (Å²) in [6.45, 7) is 1.71. The zero-order valence-electron chi connectivity index (χ0n) is 13.4. The van der Waals surface area contributed by atoms with Gasteiger partial charge in [-0.05, 0) is 24.5 Å². The van der Waals surface area contributed by atoms with E-state index in [9.17, 15) is 14.4 Å². The Balaban J connectivity index is 1.56. The fourth-order valence-electron chi connectivity index (χ4n) is 3.32. The number of hydrogen-bond donors (Lipinski definition) is 2. The Kier molecular flexibility index (Phi) is 4.69. The van der Waals surface area contributed by atoms with Crippen molar-refractivity contribution in [2.45, 2.75) is 38.3 Å². The van der Waals surface area contributed by atoms with Crippen molar-refractivity contribution >= 4 is 23.6 Å². The summed E-state index contributed by atoms with van der Waals surface area (Å²) in [6, 6.07) is 7.76. The summed E-state index contributed by atoms with van der Waals surface area (Å²) in [7, 11) is 0. The van der Waals surface area contributed by atoms with E-state index in [1.54, 1.807) is 4.90 Å². The molecule has 0 aliphatic carbocycles. The van der Waals surface area contributed by atoms with Crippen LogP contribution in [0.2, 0.25) is 0 Å². The minimum absolute atomic E-state index is 0.0393. The highest BCUT2D eigenvalue weighted by molar-refractivity contribution is 5.92. The maximum absolute atomic E-state index is 12.3. The van der Waals surface area contributed by atoms with Crippen molar-refractivity contribution in [1.82, 2.24) is 9.80 Å². The van der Waals surface area contributed by atoms with Crippen molar-refractivity contribution in [3.05, 3.63) is 29.8 Å². The van der Waals surface area contributed by atoms with Crippen LogP contribution >= 0.6 is 0 Å². The van der Waals surface area contributed by atoms with Gasteiger partial charge < -0.3 is 20.2 Å². The predicted molar refractivity (Wildman–Crippen MR) is 87.5 cm³/mol. The molecule has 3 amide bonds. The largest absolute Gasteiger partial charge is 0.481 e. The van der Waals surface area contributed by atoms with Gasteiger partial charge in [0.05, 0.1) is 6.42 Å². The molecule has 7 heteroatoms. The van der Waals surface area contributed by atoms with Gasteiger partial charge in [-0.3, -0.25) is 9.59 Å². The number of para-hydroxylation sites is 1. The smallest absolute Gasteiger partial charge is 0.322 e. The van der Waals surface area contributed by atoms with Gasteiger partial charge >= 0.3 is 12.0 Å². The Morgan fingerprint density at radius 3 is 2.58 bits per heavy atom. The molecule has 1 aromatic carbocycles. The molecule has 1 fully saturated rings. The van der Waals surface area contributed by atoms with E-state index in [0.29, 0.717) is 32.5 Å². The predicted octanol–water partition coefficient (Wildman–Crippen LogP) is 1.89. The lowest BCUT2D eigenvalue weighted by Gasteiger charge is -2.40. The van der Waals surface area contributed by atoms with E-state index in [2.05, 4.69) is 5.32 Å². The fraction of sp³-hybridized carbons (Fsp3) is 0.471. The highest BCUT2D eigenvalue weighted by Crippen LogP contribution is 2.27. The minimum atomic E-state index is -0.957. The number of nitrogens with one attached hydrogen (secondary N) is 1. The van der Waals surface area contributed by atoms with E-state index in [0.717, 1.165) is 11.3 Å². The van der Waals surface area contributed by atoms with E-state index < -0.39 is 5.97 Å². The number of likely N-dealkylation sites (tertiary alicyclic amines) is 1. The van der Waals surface area contributed by atoms with Gasteiger partial charge in [-0.2, -0.15) is 0 Å². The van der Waals surface area contributed by atoms with Crippen LogP contribution in [0.15, 0.2) is 24.3 Å². The maximum atomic E-state index is 12.3. The molecule has 2 heterocycles. The van der Waals surface area contributed by atoms with Gasteiger partial charge in [-0.15, -0.1) is 0 Å². The van der Waals surface area contributed by atoms with Gasteiger partial charge in [0.2, 0.25) is 5.91 Å². The molecule has 128 valence electrons. The van der Waals surface area contributed by atoms with Crippen LogP contribution in [0.25, 0.3) is 0 Å². The molecule has 0 radical (unpaired) electrons. The van der Waals surface area contributed by atoms with E-state index in [4.69, 9.17) is 5.11 Å². The van der Waals surface area contributed by atoms with Crippen LogP contribution in [0, 0.1) is 0 Å². The molecule has 0 saturated carbocycles.